The molecule has 0 bridgehead atoms. The van der Waals surface area contributed by atoms with Gasteiger partial charge in [0.25, 0.3) is 0 Å². The number of H-pyrrole nitrogens is 1. The number of phenolic OH excluding ortho intramolecular Hbond substituents is 1. The van der Waals surface area contributed by atoms with Gasteiger partial charge in [-0.05, 0) is 18.1 Å². The molecule has 1 aromatic carbocycles. The SMILES string of the molecule is CC(C)c1c(O)ccc2[nH]cnc12. The van der Waals surface area contributed by atoms with E-state index in [2.05, 4.69) is 9.97 Å². The number of aromatic hydroxyl groups is 1. The quantitative estimate of drug-likeness (QED) is 0.700. The second-order valence-corrected chi connectivity index (χ2v) is 3.45. The molecule has 0 atom stereocenters. The Labute approximate surface area is 76.4 Å². The zero-order valence-corrected chi connectivity index (χ0v) is 7.70. The lowest BCUT2D eigenvalue weighted by Gasteiger charge is -2.08. The second-order valence-electron chi connectivity index (χ2n) is 3.45. The summed E-state index contributed by atoms with van der Waals surface area (Å²) >= 11 is 0. The molecule has 0 amide bonds. The predicted molar refractivity (Wildman–Crippen MR) is 51.8 cm³/mol. The Morgan fingerprint density at radius 1 is 1.38 bits per heavy atom. The minimum Gasteiger partial charge on any atom is -0.508 e. The van der Waals surface area contributed by atoms with Crippen LogP contribution in [0.15, 0.2) is 18.5 Å². The first kappa shape index (κ1) is 8.10. The summed E-state index contributed by atoms with van der Waals surface area (Å²) in [6.07, 6.45) is 1.65. The van der Waals surface area contributed by atoms with Gasteiger partial charge in [-0.2, -0.15) is 0 Å². The number of nitrogens with one attached hydrogen (secondary N) is 1. The molecule has 68 valence electrons. The van der Waals surface area contributed by atoms with E-state index in [-0.39, 0.29) is 5.92 Å². The maximum Gasteiger partial charge on any atom is 0.121 e. The molecule has 0 fully saturated rings. The van der Waals surface area contributed by atoms with Gasteiger partial charge in [-0.3, -0.25) is 0 Å². The Balaban J connectivity index is 2.80. The molecular formula is C10H12N2O. The van der Waals surface area contributed by atoms with E-state index in [1.54, 1.807) is 12.4 Å². The molecule has 3 nitrogen and oxygen atoms in total. The lowest BCUT2D eigenvalue weighted by atomic mass is 10.0. The van der Waals surface area contributed by atoms with Crippen LogP contribution in [0.3, 0.4) is 0 Å². The molecule has 0 saturated heterocycles. The Kier molecular flexibility index (Phi) is 1.72. The fraction of sp³-hybridized carbons (Fsp3) is 0.300. The number of hydrogen-bond acceptors (Lipinski definition) is 2. The van der Waals surface area contributed by atoms with Crippen molar-refractivity contribution in [1.29, 1.82) is 0 Å². The van der Waals surface area contributed by atoms with E-state index >= 15 is 0 Å². The number of aromatic amines is 1. The molecule has 0 unspecified atom stereocenters. The van der Waals surface area contributed by atoms with Crippen molar-refractivity contribution in [2.75, 3.05) is 0 Å². The number of aromatic nitrogens is 2. The summed E-state index contributed by atoms with van der Waals surface area (Å²) in [6, 6.07) is 3.54. The maximum atomic E-state index is 9.64. The van der Waals surface area contributed by atoms with Crippen molar-refractivity contribution in [2.24, 2.45) is 0 Å². The Morgan fingerprint density at radius 2 is 2.15 bits per heavy atom. The molecule has 2 N–H and O–H groups in total. The van der Waals surface area contributed by atoms with Crippen molar-refractivity contribution in [2.45, 2.75) is 19.8 Å². The molecule has 0 aliphatic rings. The standard InChI is InChI=1S/C10H12N2O/c1-6(2)9-8(13)4-3-7-10(9)12-5-11-7/h3-6,13H,1-2H3,(H,11,12). The van der Waals surface area contributed by atoms with Gasteiger partial charge < -0.3 is 10.1 Å². The van der Waals surface area contributed by atoms with Crippen LogP contribution < -0.4 is 0 Å². The summed E-state index contributed by atoms with van der Waals surface area (Å²) in [4.78, 5) is 7.20. The lowest BCUT2D eigenvalue weighted by Crippen LogP contribution is -1.90. The molecule has 2 rings (SSSR count). The second kappa shape index (κ2) is 2.76. The van der Waals surface area contributed by atoms with Crippen LogP contribution in [-0.2, 0) is 0 Å². The summed E-state index contributed by atoms with van der Waals surface area (Å²) in [7, 11) is 0. The van der Waals surface area contributed by atoms with Gasteiger partial charge in [0.05, 0.1) is 17.4 Å². The smallest absolute Gasteiger partial charge is 0.121 e. The predicted octanol–water partition coefficient (Wildman–Crippen LogP) is 2.39. The first-order valence-corrected chi connectivity index (χ1v) is 4.35. The van der Waals surface area contributed by atoms with Crippen LogP contribution in [0.4, 0.5) is 0 Å². The molecule has 3 heteroatoms. The summed E-state index contributed by atoms with van der Waals surface area (Å²) in [5, 5.41) is 9.64. The summed E-state index contributed by atoms with van der Waals surface area (Å²) in [6.45, 7) is 4.09. The first-order valence-electron chi connectivity index (χ1n) is 4.35. The highest BCUT2D eigenvalue weighted by Gasteiger charge is 2.11. The van der Waals surface area contributed by atoms with E-state index < -0.39 is 0 Å². The largest absolute Gasteiger partial charge is 0.508 e. The molecule has 2 aromatic rings. The van der Waals surface area contributed by atoms with E-state index in [1.807, 2.05) is 19.9 Å². The summed E-state index contributed by atoms with van der Waals surface area (Å²) in [5.74, 6) is 0.613. The minimum atomic E-state index is 0.284. The Bertz CT molecular complexity index is 431. The Morgan fingerprint density at radius 3 is 2.85 bits per heavy atom. The van der Waals surface area contributed by atoms with Gasteiger partial charge in [0.1, 0.15) is 5.75 Å². The van der Waals surface area contributed by atoms with Crippen molar-refractivity contribution in [3.05, 3.63) is 24.0 Å². The van der Waals surface area contributed by atoms with E-state index in [4.69, 9.17) is 0 Å². The van der Waals surface area contributed by atoms with Crippen LogP contribution in [-0.4, -0.2) is 15.1 Å². The van der Waals surface area contributed by atoms with Gasteiger partial charge in [0.15, 0.2) is 0 Å². The van der Waals surface area contributed by atoms with Crippen LogP contribution in [0, 0.1) is 0 Å². The van der Waals surface area contributed by atoms with Gasteiger partial charge in [-0.1, -0.05) is 13.8 Å². The number of imidazole rings is 1. The van der Waals surface area contributed by atoms with Gasteiger partial charge in [0, 0.05) is 5.56 Å². The first-order chi connectivity index (χ1) is 6.20. The molecule has 0 spiro atoms. The van der Waals surface area contributed by atoms with E-state index in [0.29, 0.717) is 5.75 Å². The number of fused-ring (bicyclic) bond motifs is 1. The molecule has 13 heavy (non-hydrogen) atoms. The number of benzene rings is 1. The third kappa shape index (κ3) is 1.16. The third-order valence-corrected chi connectivity index (χ3v) is 2.19. The monoisotopic (exact) mass is 176 g/mol. The molecule has 0 radical (unpaired) electrons. The molecule has 1 aromatic heterocycles. The van der Waals surface area contributed by atoms with Crippen molar-refractivity contribution in [3.63, 3.8) is 0 Å². The molecular weight excluding hydrogens is 164 g/mol. The van der Waals surface area contributed by atoms with Gasteiger partial charge >= 0.3 is 0 Å². The van der Waals surface area contributed by atoms with E-state index in [0.717, 1.165) is 16.6 Å². The van der Waals surface area contributed by atoms with Crippen molar-refractivity contribution >= 4 is 11.0 Å². The fourth-order valence-electron chi connectivity index (χ4n) is 1.59. The third-order valence-electron chi connectivity index (χ3n) is 2.19. The number of nitrogens with zero attached hydrogens (tertiary/aromatic N) is 1. The highest BCUT2D eigenvalue weighted by atomic mass is 16.3. The number of rotatable bonds is 1. The van der Waals surface area contributed by atoms with Gasteiger partial charge in [-0.25, -0.2) is 4.98 Å². The molecule has 0 aliphatic heterocycles. The van der Waals surface area contributed by atoms with E-state index in [9.17, 15) is 5.11 Å². The van der Waals surface area contributed by atoms with E-state index in [1.165, 1.54) is 0 Å². The minimum absolute atomic E-state index is 0.284. The normalized spacial score (nSPS) is 11.3. The zero-order valence-electron chi connectivity index (χ0n) is 7.70. The zero-order chi connectivity index (χ0) is 9.42. The molecule has 0 aliphatic carbocycles. The average molecular weight is 176 g/mol. The highest BCUT2D eigenvalue weighted by Crippen LogP contribution is 2.30. The average Bonchev–Trinajstić information content (AvgIpc) is 2.50. The fourth-order valence-corrected chi connectivity index (χ4v) is 1.59. The van der Waals surface area contributed by atoms with Crippen LogP contribution in [0.1, 0.15) is 25.3 Å². The van der Waals surface area contributed by atoms with Gasteiger partial charge in [0.2, 0.25) is 0 Å². The van der Waals surface area contributed by atoms with Crippen LogP contribution in [0.25, 0.3) is 11.0 Å². The maximum absolute atomic E-state index is 9.64. The molecule has 1 heterocycles. The van der Waals surface area contributed by atoms with Crippen LogP contribution in [0.2, 0.25) is 0 Å². The van der Waals surface area contributed by atoms with Crippen molar-refractivity contribution < 1.29 is 5.11 Å². The number of hydrogen-bond donors (Lipinski definition) is 2. The van der Waals surface area contributed by atoms with Crippen molar-refractivity contribution in [1.82, 2.24) is 9.97 Å². The highest BCUT2D eigenvalue weighted by molar-refractivity contribution is 5.81. The summed E-state index contributed by atoms with van der Waals surface area (Å²) in [5.41, 5.74) is 2.76. The van der Waals surface area contributed by atoms with Crippen LogP contribution >= 0.6 is 0 Å². The van der Waals surface area contributed by atoms with Crippen molar-refractivity contribution in [3.8, 4) is 5.75 Å². The lowest BCUT2D eigenvalue weighted by molar-refractivity contribution is 0.466. The Hall–Kier alpha value is -1.51. The topological polar surface area (TPSA) is 48.9 Å². The van der Waals surface area contributed by atoms with Crippen LogP contribution in [0.5, 0.6) is 5.75 Å². The van der Waals surface area contributed by atoms with Gasteiger partial charge in [-0.15, -0.1) is 0 Å². The number of phenols is 1. The summed E-state index contributed by atoms with van der Waals surface area (Å²) < 4.78 is 0. The molecule has 0 saturated carbocycles.